The van der Waals surface area contributed by atoms with E-state index in [1.165, 1.54) is 5.56 Å². The minimum Gasteiger partial charge on any atom is -0.364 e. The molecule has 4 heteroatoms. The Morgan fingerprint density at radius 3 is 2.19 bits per heavy atom. The van der Waals surface area contributed by atoms with Crippen molar-refractivity contribution in [3.05, 3.63) is 65.4 Å². The van der Waals surface area contributed by atoms with Gasteiger partial charge in [-0.25, -0.2) is 9.97 Å². The van der Waals surface area contributed by atoms with Crippen molar-refractivity contribution in [2.45, 2.75) is 19.3 Å². The molecule has 0 saturated heterocycles. The van der Waals surface area contributed by atoms with E-state index in [1.807, 2.05) is 43.3 Å². The molecule has 106 valence electrons. The van der Waals surface area contributed by atoms with Crippen LogP contribution in [0.5, 0.6) is 0 Å². The Kier molecular flexibility index (Phi) is 4.02. The predicted molar refractivity (Wildman–Crippen MR) is 87.6 cm³/mol. The van der Waals surface area contributed by atoms with Gasteiger partial charge < -0.3 is 5.32 Å². The van der Waals surface area contributed by atoms with Crippen molar-refractivity contribution in [1.29, 1.82) is 0 Å². The summed E-state index contributed by atoms with van der Waals surface area (Å²) in [5.41, 5.74) is 5.06. The Morgan fingerprint density at radius 1 is 0.905 bits per heavy atom. The van der Waals surface area contributed by atoms with Crippen molar-refractivity contribution in [2.75, 3.05) is 5.32 Å². The van der Waals surface area contributed by atoms with Crippen LogP contribution in [0.3, 0.4) is 0 Å². The third kappa shape index (κ3) is 3.14. The number of benzene rings is 2. The number of halogens is 1. The van der Waals surface area contributed by atoms with Crippen LogP contribution in [0.4, 0.5) is 5.82 Å². The first-order valence-corrected chi connectivity index (χ1v) is 7.41. The summed E-state index contributed by atoms with van der Waals surface area (Å²) in [6, 6.07) is 16.1. The molecule has 21 heavy (non-hydrogen) atoms. The Morgan fingerprint density at radius 2 is 1.52 bits per heavy atom. The summed E-state index contributed by atoms with van der Waals surface area (Å²) in [6.45, 7) is 2.69. The van der Waals surface area contributed by atoms with Crippen LogP contribution in [-0.4, -0.2) is 9.97 Å². The molecule has 0 radical (unpaired) electrons. The second-order valence-electron chi connectivity index (χ2n) is 4.95. The molecule has 1 N–H and O–H groups in total. The van der Waals surface area contributed by atoms with E-state index in [2.05, 4.69) is 27.4 Å². The number of rotatable bonds is 4. The monoisotopic (exact) mass is 297 g/mol. The van der Waals surface area contributed by atoms with Crippen molar-refractivity contribution in [2.24, 2.45) is 0 Å². The zero-order valence-corrected chi connectivity index (χ0v) is 12.6. The number of nitrogens with one attached hydrogen (secondary N) is 1. The highest BCUT2D eigenvalue weighted by Crippen LogP contribution is 2.17. The van der Waals surface area contributed by atoms with E-state index in [0.717, 1.165) is 34.7 Å². The van der Waals surface area contributed by atoms with Crippen molar-refractivity contribution in [3.63, 3.8) is 0 Å². The van der Waals surface area contributed by atoms with Crippen LogP contribution in [0.25, 0.3) is 11.0 Å². The number of hydrogen-bond donors (Lipinski definition) is 1. The molecule has 3 nitrogen and oxygen atoms in total. The first-order valence-electron chi connectivity index (χ1n) is 6.87. The Labute approximate surface area is 129 Å². The largest absolute Gasteiger partial charge is 0.364 e. The molecule has 0 aliphatic carbocycles. The van der Waals surface area contributed by atoms with Gasteiger partial charge in [0.25, 0.3) is 0 Å². The third-order valence-electron chi connectivity index (χ3n) is 3.38. The maximum absolute atomic E-state index is 5.79. The van der Waals surface area contributed by atoms with E-state index in [4.69, 9.17) is 11.6 Å². The summed E-state index contributed by atoms with van der Waals surface area (Å²) >= 11 is 5.79. The fourth-order valence-corrected chi connectivity index (χ4v) is 2.37. The molecule has 0 fully saturated rings. The topological polar surface area (TPSA) is 37.8 Å². The number of nitrogens with zero attached hydrogens (tertiary/aromatic N) is 2. The highest BCUT2D eigenvalue weighted by Gasteiger charge is 2.04. The molecule has 0 amide bonds. The normalized spacial score (nSPS) is 10.8. The van der Waals surface area contributed by atoms with Crippen molar-refractivity contribution >= 4 is 28.5 Å². The lowest BCUT2D eigenvalue weighted by molar-refractivity contribution is 1.08. The molecule has 0 saturated carbocycles. The van der Waals surface area contributed by atoms with Crippen molar-refractivity contribution in [3.8, 4) is 0 Å². The van der Waals surface area contributed by atoms with Crippen LogP contribution in [0, 0.1) is 6.92 Å². The molecule has 0 bridgehead atoms. The number of hydrogen-bond acceptors (Lipinski definition) is 3. The zero-order valence-electron chi connectivity index (χ0n) is 11.8. The van der Waals surface area contributed by atoms with Crippen molar-refractivity contribution < 1.29 is 0 Å². The molecule has 2 aromatic carbocycles. The molecule has 0 aliphatic rings. The Hall–Kier alpha value is -2.13. The van der Waals surface area contributed by atoms with Crippen LogP contribution in [0.1, 0.15) is 16.8 Å². The maximum Gasteiger partial charge on any atom is 0.148 e. The lowest BCUT2D eigenvalue weighted by Gasteiger charge is -2.09. The quantitative estimate of drug-likeness (QED) is 0.730. The Bertz CT molecular complexity index is 754. The van der Waals surface area contributed by atoms with E-state index >= 15 is 0 Å². The summed E-state index contributed by atoms with van der Waals surface area (Å²) in [5, 5.41) is 3.35. The molecular formula is C17H16ClN3. The number of alkyl halides is 1. The van der Waals surface area contributed by atoms with Gasteiger partial charge in [-0.15, -0.1) is 11.6 Å². The average Bonchev–Trinajstić information content (AvgIpc) is 2.53. The first-order chi connectivity index (χ1) is 10.3. The number of anilines is 1. The van der Waals surface area contributed by atoms with Gasteiger partial charge in [0.05, 0.1) is 16.7 Å². The van der Waals surface area contributed by atoms with Gasteiger partial charge in [0.2, 0.25) is 0 Å². The van der Waals surface area contributed by atoms with E-state index in [0.29, 0.717) is 5.88 Å². The van der Waals surface area contributed by atoms with Crippen LogP contribution < -0.4 is 5.32 Å². The third-order valence-corrected chi connectivity index (χ3v) is 3.69. The summed E-state index contributed by atoms with van der Waals surface area (Å²) in [4.78, 5) is 9.20. The maximum atomic E-state index is 5.79. The second-order valence-corrected chi connectivity index (χ2v) is 5.22. The van der Waals surface area contributed by atoms with Gasteiger partial charge in [-0.1, -0.05) is 36.4 Å². The van der Waals surface area contributed by atoms with Gasteiger partial charge >= 0.3 is 0 Å². The number of para-hydroxylation sites is 2. The molecule has 0 unspecified atom stereocenters. The standard InChI is InChI=1S/C17H16ClN3/c1-12-17(21-16-5-3-2-4-15(16)20-12)19-11-14-8-6-13(10-18)7-9-14/h2-9H,10-11H2,1H3,(H,19,21). The SMILES string of the molecule is Cc1nc2ccccc2nc1NCc1ccc(CCl)cc1. The van der Waals surface area contributed by atoms with Gasteiger partial charge in [0.15, 0.2) is 0 Å². The van der Waals surface area contributed by atoms with Gasteiger partial charge in [-0.05, 0) is 30.2 Å². The van der Waals surface area contributed by atoms with Crippen molar-refractivity contribution in [1.82, 2.24) is 9.97 Å². The highest BCUT2D eigenvalue weighted by molar-refractivity contribution is 6.17. The van der Waals surface area contributed by atoms with Gasteiger partial charge in [0.1, 0.15) is 5.82 Å². The summed E-state index contributed by atoms with van der Waals surface area (Å²) in [7, 11) is 0. The fraction of sp³-hybridized carbons (Fsp3) is 0.176. The van der Waals surface area contributed by atoms with E-state index in [-0.39, 0.29) is 0 Å². The van der Waals surface area contributed by atoms with Crippen LogP contribution in [-0.2, 0) is 12.4 Å². The molecule has 0 aliphatic heterocycles. The minimum atomic E-state index is 0.545. The molecule has 1 heterocycles. The fourth-order valence-electron chi connectivity index (χ4n) is 2.19. The van der Waals surface area contributed by atoms with E-state index < -0.39 is 0 Å². The summed E-state index contributed by atoms with van der Waals surface area (Å²) < 4.78 is 0. The van der Waals surface area contributed by atoms with Gasteiger partial charge in [-0.3, -0.25) is 0 Å². The molecular weight excluding hydrogens is 282 g/mol. The zero-order chi connectivity index (χ0) is 14.7. The highest BCUT2D eigenvalue weighted by atomic mass is 35.5. The number of aromatic nitrogens is 2. The van der Waals surface area contributed by atoms with E-state index in [1.54, 1.807) is 0 Å². The molecule has 3 rings (SSSR count). The smallest absolute Gasteiger partial charge is 0.148 e. The molecule has 0 atom stereocenters. The van der Waals surface area contributed by atoms with Gasteiger partial charge in [-0.2, -0.15) is 0 Å². The Balaban J connectivity index is 1.79. The average molecular weight is 298 g/mol. The summed E-state index contributed by atoms with van der Waals surface area (Å²) in [5.74, 6) is 1.37. The molecule has 3 aromatic rings. The van der Waals surface area contributed by atoms with Crippen LogP contribution in [0.2, 0.25) is 0 Å². The van der Waals surface area contributed by atoms with E-state index in [9.17, 15) is 0 Å². The molecule has 0 spiro atoms. The minimum absolute atomic E-state index is 0.545. The molecule has 1 aromatic heterocycles. The second kappa shape index (κ2) is 6.10. The first kappa shape index (κ1) is 13.8. The predicted octanol–water partition coefficient (Wildman–Crippen LogP) is 4.29. The number of fused-ring (bicyclic) bond motifs is 1. The van der Waals surface area contributed by atoms with Crippen LogP contribution >= 0.6 is 11.6 Å². The van der Waals surface area contributed by atoms with Gasteiger partial charge in [0, 0.05) is 12.4 Å². The summed E-state index contributed by atoms with van der Waals surface area (Å²) in [6.07, 6.45) is 0. The lowest BCUT2D eigenvalue weighted by Crippen LogP contribution is -2.05. The lowest BCUT2D eigenvalue weighted by atomic mass is 10.1. The number of aryl methyl sites for hydroxylation is 1. The van der Waals surface area contributed by atoms with Crippen LogP contribution in [0.15, 0.2) is 48.5 Å².